The number of methoxy groups -OCH3 is 1. The molecule has 0 heterocycles. The number of esters is 1. The van der Waals surface area contributed by atoms with Crippen LogP contribution in [0.4, 0.5) is 0 Å². The van der Waals surface area contributed by atoms with E-state index in [-0.39, 0.29) is 5.78 Å². The predicted octanol–water partition coefficient (Wildman–Crippen LogP) is 3.76. The largest absolute Gasteiger partial charge is 0.468 e. The van der Waals surface area contributed by atoms with Crippen molar-refractivity contribution in [2.24, 2.45) is 5.73 Å². The lowest BCUT2D eigenvalue weighted by molar-refractivity contribution is -0.145. The molecular formula is C17H33NO3. The van der Waals surface area contributed by atoms with E-state index in [1.807, 2.05) is 0 Å². The van der Waals surface area contributed by atoms with Gasteiger partial charge in [-0.3, -0.25) is 4.79 Å². The zero-order chi connectivity index (χ0) is 15.9. The lowest BCUT2D eigenvalue weighted by atomic mass is 10.0. The van der Waals surface area contributed by atoms with Gasteiger partial charge in [0.1, 0.15) is 0 Å². The van der Waals surface area contributed by atoms with Gasteiger partial charge in [-0.05, 0) is 6.42 Å². The molecular weight excluding hydrogens is 266 g/mol. The second-order valence-electron chi connectivity index (χ2n) is 5.75. The maximum atomic E-state index is 11.6. The van der Waals surface area contributed by atoms with Crippen molar-refractivity contribution in [3.8, 4) is 0 Å². The SMILES string of the molecule is CCCCCCCCCCCCCC(=O)C(N)C(=O)OC. The number of carbonyl (C=O) groups excluding carboxylic acids is 2. The van der Waals surface area contributed by atoms with Gasteiger partial charge in [0.2, 0.25) is 0 Å². The maximum absolute atomic E-state index is 11.6. The molecule has 0 aliphatic carbocycles. The van der Waals surface area contributed by atoms with Crippen molar-refractivity contribution in [3.05, 3.63) is 0 Å². The van der Waals surface area contributed by atoms with Crippen LogP contribution in [0, 0.1) is 0 Å². The molecule has 0 aliphatic heterocycles. The van der Waals surface area contributed by atoms with Crippen LogP contribution in [0.2, 0.25) is 0 Å². The van der Waals surface area contributed by atoms with Crippen LogP contribution in [0.15, 0.2) is 0 Å². The summed E-state index contributed by atoms with van der Waals surface area (Å²) in [5, 5.41) is 0. The second kappa shape index (κ2) is 14.1. The molecule has 0 aliphatic rings. The molecule has 124 valence electrons. The lowest BCUT2D eigenvalue weighted by Gasteiger charge is -2.07. The van der Waals surface area contributed by atoms with Gasteiger partial charge in [0.25, 0.3) is 0 Å². The first-order chi connectivity index (χ1) is 10.1. The highest BCUT2D eigenvalue weighted by Crippen LogP contribution is 2.12. The fourth-order valence-electron chi connectivity index (χ4n) is 2.38. The highest BCUT2D eigenvalue weighted by Gasteiger charge is 2.21. The Labute approximate surface area is 129 Å². The van der Waals surface area contributed by atoms with E-state index in [9.17, 15) is 9.59 Å². The highest BCUT2D eigenvalue weighted by atomic mass is 16.5. The molecule has 0 aromatic heterocycles. The Balaban J connectivity index is 3.32. The number of carbonyl (C=O) groups is 2. The van der Waals surface area contributed by atoms with Crippen molar-refractivity contribution < 1.29 is 14.3 Å². The Bertz CT molecular complexity index is 279. The van der Waals surface area contributed by atoms with Crippen LogP contribution in [0.5, 0.6) is 0 Å². The van der Waals surface area contributed by atoms with E-state index < -0.39 is 12.0 Å². The average Bonchev–Trinajstić information content (AvgIpc) is 2.50. The first-order valence-corrected chi connectivity index (χ1v) is 8.49. The molecule has 1 atom stereocenters. The third kappa shape index (κ3) is 11.4. The van der Waals surface area contributed by atoms with Crippen LogP contribution in [0.3, 0.4) is 0 Å². The van der Waals surface area contributed by atoms with Crippen molar-refractivity contribution in [1.82, 2.24) is 0 Å². The Morgan fingerprint density at radius 2 is 1.29 bits per heavy atom. The minimum Gasteiger partial charge on any atom is -0.468 e. The highest BCUT2D eigenvalue weighted by molar-refractivity contribution is 6.02. The van der Waals surface area contributed by atoms with E-state index in [4.69, 9.17) is 5.73 Å². The Morgan fingerprint density at radius 1 is 0.857 bits per heavy atom. The second-order valence-corrected chi connectivity index (χ2v) is 5.75. The van der Waals surface area contributed by atoms with Gasteiger partial charge in [0.05, 0.1) is 7.11 Å². The zero-order valence-electron chi connectivity index (χ0n) is 13.9. The predicted molar refractivity (Wildman–Crippen MR) is 86.1 cm³/mol. The normalized spacial score (nSPS) is 12.1. The summed E-state index contributed by atoms with van der Waals surface area (Å²) in [7, 11) is 1.25. The Hall–Kier alpha value is -0.900. The third-order valence-electron chi connectivity index (χ3n) is 3.83. The fourth-order valence-corrected chi connectivity index (χ4v) is 2.38. The number of ether oxygens (including phenoxy) is 1. The Morgan fingerprint density at radius 3 is 1.71 bits per heavy atom. The van der Waals surface area contributed by atoms with Gasteiger partial charge in [-0.25, -0.2) is 4.79 Å². The molecule has 1 unspecified atom stereocenters. The van der Waals surface area contributed by atoms with Gasteiger partial charge in [-0.1, -0.05) is 71.1 Å². The molecule has 0 aromatic carbocycles. The number of hydrogen-bond donors (Lipinski definition) is 1. The average molecular weight is 299 g/mol. The smallest absolute Gasteiger partial charge is 0.330 e. The zero-order valence-corrected chi connectivity index (χ0v) is 13.9. The monoisotopic (exact) mass is 299 g/mol. The lowest BCUT2D eigenvalue weighted by Crippen LogP contribution is -2.39. The van der Waals surface area contributed by atoms with E-state index in [0.29, 0.717) is 6.42 Å². The van der Waals surface area contributed by atoms with Crippen molar-refractivity contribution >= 4 is 11.8 Å². The fraction of sp³-hybridized carbons (Fsp3) is 0.882. The number of Topliss-reactive ketones (excluding diaryl/α,β-unsaturated/α-hetero) is 1. The minimum atomic E-state index is -1.10. The molecule has 0 amide bonds. The van der Waals surface area contributed by atoms with Crippen molar-refractivity contribution in [2.45, 2.75) is 90.0 Å². The van der Waals surface area contributed by atoms with Crippen molar-refractivity contribution in [3.63, 3.8) is 0 Å². The van der Waals surface area contributed by atoms with Crippen molar-refractivity contribution in [2.75, 3.05) is 7.11 Å². The molecule has 4 heteroatoms. The van der Waals surface area contributed by atoms with E-state index in [0.717, 1.165) is 19.3 Å². The molecule has 0 saturated heterocycles. The number of hydrogen-bond acceptors (Lipinski definition) is 4. The van der Waals surface area contributed by atoms with Crippen LogP contribution in [-0.2, 0) is 14.3 Å². The summed E-state index contributed by atoms with van der Waals surface area (Å²) in [6.07, 6.45) is 14.0. The maximum Gasteiger partial charge on any atom is 0.330 e. The van der Waals surface area contributed by atoms with E-state index in [1.54, 1.807) is 0 Å². The molecule has 0 aromatic rings. The molecule has 4 nitrogen and oxygen atoms in total. The van der Waals surface area contributed by atoms with E-state index in [1.165, 1.54) is 58.5 Å². The van der Waals surface area contributed by atoms with Gasteiger partial charge >= 0.3 is 5.97 Å². The van der Waals surface area contributed by atoms with Gasteiger partial charge in [-0.2, -0.15) is 0 Å². The van der Waals surface area contributed by atoms with Gasteiger partial charge in [-0.15, -0.1) is 0 Å². The molecule has 0 rings (SSSR count). The summed E-state index contributed by atoms with van der Waals surface area (Å²) in [4.78, 5) is 22.7. The summed E-state index contributed by atoms with van der Waals surface area (Å²) in [5.41, 5.74) is 5.48. The van der Waals surface area contributed by atoms with Gasteiger partial charge < -0.3 is 10.5 Å². The van der Waals surface area contributed by atoms with Crippen LogP contribution < -0.4 is 5.73 Å². The van der Waals surface area contributed by atoms with Gasteiger partial charge in [0, 0.05) is 6.42 Å². The standard InChI is InChI=1S/C17H33NO3/c1-3-4-5-6-7-8-9-10-11-12-13-14-15(19)16(18)17(20)21-2/h16H,3-14,18H2,1-2H3. The summed E-state index contributed by atoms with van der Waals surface area (Å²) < 4.78 is 4.46. The number of unbranched alkanes of at least 4 members (excludes halogenated alkanes) is 10. The molecule has 0 fully saturated rings. The molecule has 0 radical (unpaired) electrons. The topological polar surface area (TPSA) is 69.4 Å². The van der Waals surface area contributed by atoms with Crippen LogP contribution in [0.25, 0.3) is 0 Å². The third-order valence-corrected chi connectivity index (χ3v) is 3.83. The van der Waals surface area contributed by atoms with Crippen LogP contribution in [-0.4, -0.2) is 24.9 Å². The van der Waals surface area contributed by atoms with E-state index in [2.05, 4.69) is 11.7 Å². The Kier molecular flexibility index (Phi) is 13.5. The van der Waals surface area contributed by atoms with Crippen LogP contribution >= 0.6 is 0 Å². The summed E-state index contributed by atoms with van der Waals surface area (Å²) in [6, 6.07) is -1.10. The quantitative estimate of drug-likeness (QED) is 0.301. The summed E-state index contributed by atoms with van der Waals surface area (Å²) >= 11 is 0. The number of ketones is 1. The number of rotatable bonds is 14. The molecule has 21 heavy (non-hydrogen) atoms. The summed E-state index contributed by atoms with van der Waals surface area (Å²) in [5.74, 6) is -0.846. The van der Waals surface area contributed by atoms with E-state index >= 15 is 0 Å². The minimum absolute atomic E-state index is 0.210. The van der Waals surface area contributed by atoms with Crippen molar-refractivity contribution in [1.29, 1.82) is 0 Å². The molecule has 0 saturated carbocycles. The number of nitrogens with two attached hydrogens (primary N) is 1. The molecule has 0 spiro atoms. The van der Waals surface area contributed by atoms with Gasteiger partial charge in [0.15, 0.2) is 11.8 Å². The molecule has 2 N–H and O–H groups in total. The molecule has 0 bridgehead atoms. The summed E-state index contributed by atoms with van der Waals surface area (Å²) in [6.45, 7) is 2.24. The first-order valence-electron chi connectivity index (χ1n) is 8.49. The first kappa shape index (κ1) is 20.1. The van der Waals surface area contributed by atoms with Crippen LogP contribution in [0.1, 0.15) is 84.0 Å².